The molecule has 2 aromatic rings. The van der Waals surface area contributed by atoms with Crippen LogP contribution >= 0.6 is 35.4 Å². The number of nitrogens with one attached hydrogen (secondary N) is 3. The van der Waals surface area contributed by atoms with Gasteiger partial charge in [-0.1, -0.05) is 23.2 Å². The monoisotopic (exact) mass is 401 g/mol. The average Bonchev–Trinajstić information content (AvgIpc) is 3.02. The molecule has 1 aromatic carbocycles. The Morgan fingerprint density at radius 1 is 1.28 bits per heavy atom. The minimum absolute atomic E-state index is 0.00386. The van der Waals surface area contributed by atoms with Crippen LogP contribution in [0.15, 0.2) is 34.7 Å². The van der Waals surface area contributed by atoms with E-state index in [9.17, 15) is 4.79 Å². The lowest BCUT2D eigenvalue weighted by molar-refractivity contribution is 0.0916. The van der Waals surface area contributed by atoms with E-state index in [1.807, 2.05) is 6.92 Å². The summed E-state index contributed by atoms with van der Waals surface area (Å²) in [6.07, 6.45) is 0. The van der Waals surface area contributed by atoms with Gasteiger partial charge in [-0.15, -0.1) is 0 Å². The molecule has 0 spiro atoms. The lowest BCUT2D eigenvalue weighted by atomic mass is 10.2. The Morgan fingerprint density at radius 3 is 2.72 bits per heavy atom. The lowest BCUT2D eigenvalue weighted by Gasteiger charge is -2.16. The van der Waals surface area contributed by atoms with E-state index in [1.165, 1.54) is 0 Å². The number of methoxy groups -OCH3 is 1. The van der Waals surface area contributed by atoms with Gasteiger partial charge in [-0.2, -0.15) is 0 Å². The van der Waals surface area contributed by atoms with E-state index >= 15 is 0 Å². The number of amides is 1. The van der Waals surface area contributed by atoms with Crippen molar-refractivity contribution in [3.8, 4) is 11.3 Å². The molecule has 0 aliphatic carbocycles. The molecule has 1 amide bonds. The van der Waals surface area contributed by atoms with Gasteiger partial charge in [-0.05, 0) is 49.5 Å². The van der Waals surface area contributed by atoms with Crippen LogP contribution in [0, 0.1) is 0 Å². The summed E-state index contributed by atoms with van der Waals surface area (Å²) in [6, 6.07) is 8.22. The van der Waals surface area contributed by atoms with Crippen LogP contribution in [-0.4, -0.2) is 30.8 Å². The van der Waals surface area contributed by atoms with Crippen molar-refractivity contribution in [2.45, 2.75) is 13.0 Å². The minimum Gasteiger partial charge on any atom is -0.451 e. The average molecular weight is 402 g/mol. The van der Waals surface area contributed by atoms with Gasteiger partial charge in [0.1, 0.15) is 5.76 Å². The fourth-order valence-corrected chi connectivity index (χ4v) is 2.77. The summed E-state index contributed by atoms with van der Waals surface area (Å²) >= 11 is 17.1. The number of furan rings is 1. The van der Waals surface area contributed by atoms with Crippen LogP contribution in [0.2, 0.25) is 10.0 Å². The van der Waals surface area contributed by atoms with E-state index in [2.05, 4.69) is 16.2 Å². The highest BCUT2D eigenvalue weighted by Gasteiger charge is 2.14. The number of carbonyl (C=O) groups excluding carboxylic acids is 1. The second kappa shape index (κ2) is 9.05. The van der Waals surface area contributed by atoms with Crippen LogP contribution in [0.4, 0.5) is 0 Å². The second-order valence-corrected chi connectivity index (χ2v) is 6.45. The summed E-state index contributed by atoms with van der Waals surface area (Å²) in [5.41, 5.74) is 5.70. The molecule has 0 aliphatic rings. The number of halogens is 2. The number of hydrazine groups is 1. The van der Waals surface area contributed by atoms with Crippen molar-refractivity contribution in [1.29, 1.82) is 0 Å². The third-order valence-corrected chi connectivity index (χ3v) is 3.88. The minimum atomic E-state index is -0.472. The van der Waals surface area contributed by atoms with Crippen molar-refractivity contribution in [3.63, 3.8) is 0 Å². The summed E-state index contributed by atoms with van der Waals surface area (Å²) in [4.78, 5) is 12.1. The summed E-state index contributed by atoms with van der Waals surface area (Å²) in [5, 5.41) is 4.17. The Hall–Kier alpha value is -1.80. The van der Waals surface area contributed by atoms with Gasteiger partial charge in [0.2, 0.25) is 0 Å². The predicted octanol–water partition coefficient (Wildman–Crippen LogP) is 3.40. The second-order valence-electron chi connectivity index (χ2n) is 5.20. The maximum absolute atomic E-state index is 12.1. The summed E-state index contributed by atoms with van der Waals surface area (Å²) in [5.74, 6) is 0.0994. The molecule has 0 bridgehead atoms. The molecule has 1 aromatic heterocycles. The lowest BCUT2D eigenvalue weighted by Crippen LogP contribution is -2.49. The Bertz CT molecular complexity index is 767. The van der Waals surface area contributed by atoms with E-state index in [0.29, 0.717) is 28.0 Å². The maximum Gasteiger partial charge on any atom is 0.305 e. The SMILES string of the molecule is COC[C@H](C)NC(=S)NNC(=O)c1ccc(-c2ccc(Cl)cc2Cl)o1. The first-order valence-corrected chi connectivity index (χ1v) is 8.48. The van der Waals surface area contributed by atoms with Gasteiger partial charge in [-0.25, -0.2) is 0 Å². The van der Waals surface area contributed by atoms with Gasteiger partial charge in [0, 0.05) is 23.7 Å². The molecule has 0 radical (unpaired) electrons. The molecule has 2 rings (SSSR count). The third kappa shape index (κ3) is 5.61. The van der Waals surface area contributed by atoms with Gasteiger partial charge in [0.25, 0.3) is 0 Å². The molecular weight excluding hydrogens is 385 g/mol. The maximum atomic E-state index is 12.1. The molecule has 1 atom stereocenters. The number of hydrogen-bond donors (Lipinski definition) is 3. The number of benzene rings is 1. The first-order valence-electron chi connectivity index (χ1n) is 7.31. The van der Waals surface area contributed by atoms with Crippen LogP contribution in [0.1, 0.15) is 17.5 Å². The largest absolute Gasteiger partial charge is 0.451 e. The number of rotatable bonds is 5. The van der Waals surface area contributed by atoms with Gasteiger partial charge in [0.05, 0.1) is 11.6 Å². The molecule has 9 heteroatoms. The molecule has 0 unspecified atom stereocenters. The zero-order valence-corrected chi connectivity index (χ0v) is 15.9. The number of thiocarbonyl (C=S) groups is 1. The van der Waals surface area contributed by atoms with Gasteiger partial charge in [-0.3, -0.25) is 15.6 Å². The van der Waals surface area contributed by atoms with Crippen molar-refractivity contribution in [2.24, 2.45) is 0 Å². The Morgan fingerprint density at radius 2 is 2.04 bits per heavy atom. The molecule has 0 aliphatic heterocycles. The number of hydrogen-bond acceptors (Lipinski definition) is 4. The molecule has 0 saturated heterocycles. The molecule has 3 N–H and O–H groups in total. The molecule has 0 saturated carbocycles. The summed E-state index contributed by atoms with van der Waals surface area (Å²) in [7, 11) is 1.60. The Balaban J connectivity index is 1.95. The van der Waals surface area contributed by atoms with Crippen molar-refractivity contribution in [2.75, 3.05) is 13.7 Å². The fraction of sp³-hybridized carbons (Fsp3) is 0.250. The van der Waals surface area contributed by atoms with Gasteiger partial charge < -0.3 is 14.5 Å². The molecular formula is C16H17Cl2N3O3S. The van der Waals surface area contributed by atoms with Crippen LogP contribution in [0.25, 0.3) is 11.3 Å². The van der Waals surface area contributed by atoms with Crippen molar-refractivity contribution < 1.29 is 13.9 Å². The van der Waals surface area contributed by atoms with Crippen LogP contribution < -0.4 is 16.2 Å². The quantitative estimate of drug-likeness (QED) is 0.526. The van der Waals surface area contributed by atoms with E-state index in [-0.39, 0.29) is 16.9 Å². The zero-order valence-electron chi connectivity index (χ0n) is 13.6. The Labute approximate surface area is 160 Å². The molecule has 134 valence electrons. The van der Waals surface area contributed by atoms with E-state index < -0.39 is 5.91 Å². The van der Waals surface area contributed by atoms with Gasteiger partial charge in [0.15, 0.2) is 10.9 Å². The normalized spacial score (nSPS) is 11.7. The number of ether oxygens (including phenoxy) is 1. The first kappa shape index (κ1) is 19.5. The van der Waals surface area contributed by atoms with E-state index in [1.54, 1.807) is 37.4 Å². The topological polar surface area (TPSA) is 75.5 Å². The zero-order chi connectivity index (χ0) is 18.4. The predicted molar refractivity (Wildman–Crippen MR) is 102 cm³/mol. The van der Waals surface area contributed by atoms with E-state index in [0.717, 1.165) is 0 Å². The highest BCUT2D eigenvalue weighted by atomic mass is 35.5. The van der Waals surface area contributed by atoms with Crippen molar-refractivity contribution in [1.82, 2.24) is 16.2 Å². The molecule has 1 heterocycles. The first-order chi connectivity index (χ1) is 11.9. The molecule has 0 fully saturated rings. The Kier molecular flexibility index (Phi) is 7.07. The summed E-state index contributed by atoms with van der Waals surface area (Å²) in [6.45, 7) is 2.38. The highest BCUT2D eigenvalue weighted by molar-refractivity contribution is 7.80. The van der Waals surface area contributed by atoms with Crippen LogP contribution in [-0.2, 0) is 4.74 Å². The third-order valence-electron chi connectivity index (χ3n) is 3.11. The molecule has 25 heavy (non-hydrogen) atoms. The van der Waals surface area contributed by atoms with Crippen LogP contribution in [0.3, 0.4) is 0 Å². The smallest absolute Gasteiger partial charge is 0.305 e. The highest BCUT2D eigenvalue weighted by Crippen LogP contribution is 2.31. The van der Waals surface area contributed by atoms with Gasteiger partial charge >= 0.3 is 5.91 Å². The number of carbonyl (C=O) groups is 1. The van der Waals surface area contributed by atoms with Crippen LogP contribution in [0.5, 0.6) is 0 Å². The fourth-order valence-electron chi connectivity index (χ4n) is 2.02. The molecule has 6 nitrogen and oxygen atoms in total. The van der Waals surface area contributed by atoms with E-state index in [4.69, 9.17) is 44.6 Å². The van der Waals surface area contributed by atoms with Crippen molar-refractivity contribution in [3.05, 3.63) is 46.1 Å². The van der Waals surface area contributed by atoms with Crippen molar-refractivity contribution >= 4 is 46.4 Å². The standard InChI is InChI=1S/C16H17Cl2N3O3S/c1-9(8-23-2)19-16(25)21-20-15(22)14-6-5-13(24-14)11-4-3-10(17)7-12(11)18/h3-7,9H,8H2,1-2H3,(H,20,22)(H2,19,21,25)/t9-/m0/s1. The summed E-state index contributed by atoms with van der Waals surface area (Å²) < 4.78 is 10.5.